The molecular formula is C29H41ClN4. The highest BCUT2D eigenvalue weighted by Crippen LogP contribution is 2.53. The maximum Gasteiger partial charge on any atom is 0.108 e. The summed E-state index contributed by atoms with van der Waals surface area (Å²) in [4.78, 5) is 9.89. The lowest BCUT2D eigenvalue weighted by atomic mass is 9.58. The van der Waals surface area contributed by atoms with Crippen LogP contribution in [0, 0.1) is 10.8 Å². The first-order chi connectivity index (χ1) is 16.3. The van der Waals surface area contributed by atoms with E-state index in [1.165, 1.54) is 55.6 Å². The molecule has 5 heteroatoms. The first kappa shape index (κ1) is 25.2. The maximum atomic E-state index is 6.24. The molecule has 34 heavy (non-hydrogen) atoms. The van der Waals surface area contributed by atoms with Gasteiger partial charge in [0.25, 0.3) is 0 Å². The fraction of sp³-hybridized carbons (Fsp3) is 0.552. The number of fused-ring (bicyclic) bond motifs is 1. The standard InChI is InChI=1S/C29H41ClN4/c1-33(2)18-16-28(17-19-34(3)4)12-14-29(15-13-28)21-24-9-5-6-11-26(24)32-27(29)31-22-23-8-7-10-25(30)20-23/h5-11,20H,12-19,21-22H2,1-4H3,(H,31,32). The molecule has 0 saturated heterocycles. The van der Waals surface area contributed by atoms with Crippen LogP contribution in [0.4, 0.5) is 5.69 Å². The van der Waals surface area contributed by atoms with Crippen molar-refractivity contribution in [3.05, 3.63) is 64.7 Å². The molecule has 0 atom stereocenters. The number of benzene rings is 2. The molecule has 1 aliphatic carbocycles. The summed E-state index contributed by atoms with van der Waals surface area (Å²) in [5.74, 6) is 1.18. The number of aliphatic imine (C=N–C) groups is 1. The van der Waals surface area contributed by atoms with Gasteiger partial charge in [0.15, 0.2) is 0 Å². The Bertz CT molecular complexity index is 975. The van der Waals surface area contributed by atoms with E-state index in [-0.39, 0.29) is 5.41 Å². The minimum absolute atomic E-state index is 0.104. The van der Waals surface area contributed by atoms with Crippen molar-refractivity contribution < 1.29 is 0 Å². The minimum atomic E-state index is 0.104. The highest BCUT2D eigenvalue weighted by molar-refractivity contribution is 6.30. The van der Waals surface area contributed by atoms with Gasteiger partial charge in [0.2, 0.25) is 0 Å². The van der Waals surface area contributed by atoms with Crippen LogP contribution in [0.5, 0.6) is 0 Å². The van der Waals surface area contributed by atoms with E-state index in [0.717, 1.165) is 30.1 Å². The summed E-state index contributed by atoms with van der Waals surface area (Å²) < 4.78 is 0. The summed E-state index contributed by atoms with van der Waals surface area (Å²) in [5, 5.41) is 4.55. The van der Waals surface area contributed by atoms with Crippen molar-refractivity contribution in [2.24, 2.45) is 15.8 Å². The van der Waals surface area contributed by atoms with Crippen LogP contribution >= 0.6 is 11.6 Å². The van der Waals surface area contributed by atoms with E-state index < -0.39 is 0 Å². The Morgan fingerprint density at radius 2 is 1.56 bits per heavy atom. The molecule has 0 bridgehead atoms. The molecule has 4 rings (SSSR count). The van der Waals surface area contributed by atoms with E-state index in [1.807, 2.05) is 18.2 Å². The van der Waals surface area contributed by atoms with Gasteiger partial charge in [-0.05, 0) is 121 Å². The fourth-order valence-electron chi connectivity index (χ4n) is 5.74. The lowest BCUT2D eigenvalue weighted by Gasteiger charge is -2.50. The van der Waals surface area contributed by atoms with Crippen molar-refractivity contribution >= 4 is 23.1 Å². The number of amidine groups is 1. The van der Waals surface area contributed by atoms with Crippen molar-refractivity contribution in [2.75, 3.05) is 46.6 Å². The molecule has 184 valence electrons. The largest absolute Gasteiger partial charge is 0.343 e. The number of anilines is 1. The van der Waals surface area contributed by atoms with Crippen molar-refractivity contribution in [2.45, 2.75) is 51.5 Å². The quantitative estimate of drug-likeness (QED) is 0.477. The maximum absolute atomic E-state index is 6.24. The first-order valence-electron chi connectivity index (χ1n) is 12.7. The lowest BCUT2D eigenvalue weighted by molar-refractivity contribution is 0.0814. The number of rotatable bonds is 8. The van der Waals surface area contributed by atoms with Gasteiger partial charge in [-0.1, -0.05) is 41.9 Å². The molecule has 1 fully saturated rings. The zero-order valence-corrected chi connectivity index (χ0v) is 22.2. The molecular weight excluding hydrogens is 440 g/mol. The van der Waals surface area contributed by atoms with E-state index in [0.29, 0.717) is 12.0 Å². The number of hydrogen-bond donors (Lipinski definition) is 1. The van der Waals surface area contributed by atoms with Gasteiger partial charge in [0.05, 0.1) is 6.54 Å². The van der Waals surface area contributed by atoms with Gasteiger partial charge < -0.3 is 15.1 Å². The number of nitrogens with one attached hydrogen (secondary N) is 1. The smallest absolute Gasteiger partial charge is 0.108 e. The summed E-state index contributed by atoms with van der Waals surface area (Å²) in [7, 11) is 8.80. The number of nitrogens with zero attached hydrogens (tertiary/aromatic N) is 3. The van der Waals surface area contributed by atoms with E-state index in [2.05, 4.69) is 73.6 Å². The van der Waals surface area contributed by atoms with Gasteiger partial charge >= 0.3 is 0 Å². The van der Waals surface area contributed by atoms with Crippen LogP contribution in [-0.4, -0.2) is 56.9 Å². The Labute approximate surface area is 211 Å². The molecule has 0 amide bonds. The molecule has 0 unspecified atom stereocenters. The number of halogens is 1. The van der Waals surface area contributed by atoms with Crippen LogP contribution in [0.15, 0.2) is 53.5 Å². The Balaban J connectivity index is 1.59. The minimum Gasteiger partial charge on any atom is -0.343 e. The van der Waals surface area contributed by atoms with E-state index >= 15 is 0 Å². The van der Waals surface area contributed by atoms with Crippen LogP contribution in [0.1, 0.15) is 49.7 Å². The van der Waals surface area contributed by atoms with Crippen LogP contribution in [0.2, 0.25) is 5.02 Å². The summed E-state index contributed by atoms with van der Waals surface area (Å²) in [6.07, 6.45) is 8.59. The van der Waals surface area contributed by atoms with Crippen molar-refractivity contribution in [1.82, 2.24) is 9.80 Å². The Morgan fingerprint density at radius 1 is 0.882 bits per heavy atom. The van der Waals surface area contributed by atoms with Gasteiger partial charge in [-0.2, -0.15) is 0 Å². The summed E-state index contributed by atoms with van der Waals surface area (Å²) in [6.45, 7) is 2.99. The van der Waals surface area contributed by atoms with Crippen LogP contribution in [0.25, 0.3) is 0 Å². The molecule has 0 radical (unpaired) electrons. The topological polar surface area (TPSA) is 30.9 Å². The van der Waals surface area contributed by atoms with Gasteiger partial charge in [-0.25, -0.2) is 0 Å². The highest BCUT2D eigenvalue weighted by atomic mass is 35.5. The zero-order valence-electron chi connectivity index (χ0n) is 21.4. The van der Waals surface area contributed by atoms with E-state index in [1.54, 1.807) is 0 Å². The van der Waals surface area contributed by atoms with Crippen molar-refractivity contribution in [1.29, 1.82) is 0 Å². The van der Waals surface area contributed by atoms with E-state index in [9.17, 15) is 0 Å². The molecule has 1 N–H and O–H groups in total. The molecule has 0 aromatic heterocycles. The zero-order chi connectivity index (χ0) is 24.2. The lowest BCUT2D eigenvalue weighted by Crippen LogP contribution is -2.47. The molecule has 4 nitrogen and oxygen atoms in total. The second kappa shape index (κ2) is 10.8. The molecule has 1 heterocycles. The van der Waals surface area contributed by atoms with Gasteiger partial charge in [-0.3, -0.25) is 4.99 Å². The predicted octanol–water partition coefficient (Wildman–Crippen LogP) is 6.36. The molecule has 1 saturated carbocycles. The van der Waals surface area contributed by atoms with Gasteiger partial charge in [0, 0.05) is 16.1 Å². The normalized spacial score (nSPS) is 20.0. The fourth-order valence-corrected chi connectivity index (χ4v) is 5.95. The Hall–Kier alpha value is -1.88. The average Bonchev–Trinajstić information content (AvgIpc) is 2.82. The average molecular weight is 481 g/mol. The third-order valence-electron chi connectivity index (χ3n) is 8.06. The van der Waals surface area contributed by atoms with Crippen molar-refractivity contribution in [3.8, 4) is 0 Å². The second-order valence-corrected chi connectivity index (χ2v) is 11.6. The second-order valence-electron chi connectivity index (χ2n) is 11.1. The third kappa shape index (κ3) is 6.02. The van der Waals surface area contributed by atoms with Gasteiger partial charge in [0.1, 0.15) is 5.84 Å². The molecule has 2 aliphatic rings. The monoisotopic (exact) mass is 480 g/mol. The molecule has 2 aromatic rings. The summed E-state index contributed by atoms with van der Waals surface area (Å²) in [5.41, 5.74) is 4.34. The number of hydrogen-bond acceptors (Lipinski definition) is 3. The third-order valence-corrected chi connectivity index (χ3v) is 8.29. The van der Waals surface area contributed by atoms with Crippen LogP contribution in [0.3, 0.4) is 0 Å². The van der Waals surface area contributed by atoms with Crippen LogP contribution in [-0.2, 0) is 13.0 Å². The predicted molar refractivity (Wildman–Crippen MR) is 146 cm³/mol. The summed E-state index contributed by atoms with van der Waals surface area (Å²) >= 11 is 6.24. The van der Waals surface area contributed by atoms with Crippen molar-refractivity contribution in [3.63, 3.8) is 0 Å². The molecule has 1 spiro atoms. The molecule has 2 aromatic carbocycles. The first-order valence-corrected chi connectivity index (χ1v) is 13.1. The Kier molecular flexibility index (Phi) is 8.01. The van der Waals surface area contributed by atoms with Crippen LogP contribution < -0.4 is 5.32 Å². The Morgan fingerprint density at radius 3 is 2.21 bits per heavy atom. The highest BCUT2D eigenvalue weighted by Gasteiger charge is 2.47. The van der Waals surface area contributed by atoms with Gasteiger partial charge in [-0.15, -0.1) is 0 Å². The van der Waals surface area contributed by atoms with E-state index in [4.69, 9.17) is 16.6 Å². The number of para-hydroxylation sites is 1. The summed E-state index contributed by atoms with van der Waals surface area (Å²) in [6, 6.07) is 16.9. The molecule has 1 aliphatic heterocycles. The SMILES string of the molecule is CN(C)CCC1(CCN(C)C)CCC2(CC1)Cc1ccccc1NC2=NCc1cccc(Cl)c1.